The number of aryl methyl sites for hydroxylation is 1. The van der Waals surface area contributed by atoms with Gasteiger partial charge in [-0.05, 0) is 57.1 Å². The summed E-state index contributed by atoms with van der Waals surface area (Å²) in [5.41, 5.74) is 0.0863. The maximum atomic E-state index is 9.44. The largest absolute Gasteiger partial charge is 0.396 e. The summed E-state index contributed by atoms with van der Waals surface area (Å²) in [5, 5.41) is 26.2. The first kappa shape index (κ1) is 28.5. The molecule has 0 spiro atoms. The Balaban J connectivity index is 0.00000480. The summed E-state index contributed by atoms with van der Waals surface area (Å²) in [6.07, 6.45) is 12.0. The van der Waals surface area contributed by atoms with Crippen LogP contribution in [0, 0.1) is 5.41 Å². The fourth-order valence-electron chi connectivity index (χ4n) is 4.33. The standard InChI is InChI=1S/C22H42N6OS.HI/c1-5-22(6-2,14-16-29)17-25-20(23-7-3)24-15-10-13-19-26-27-21(30-4)28(19)18-11-8-9-12-18;/h18,29H,5-17H2,1-4H3,(H2,23,24,25);1H. The molecule has 0 radical (unpaired) electrons. The highest BCUT2D eigenvalue weighted by atomic mass is 127. The van der Waals surface area contributed by atoms with Gasteiger partial charge in [0.15, 0.2) is 11.1 Å². The fourth-order valence-corrected chi connectivity index (χ4v) is 4.91. The summed E-state index contributed by atoms with van der Waals surface area (Å²) in [6.45, 7) is 9.12. The second kappa shape index (κ2) is 15.3. The second-order valence-electron chi connectivity index (χ2n) is 8.32. The number of rotatable bonds is 13. The van der Waals surface area contributed by atoms with Crippen LogP contribution in [0.2, 0.25) is 0 Å². The minimum absolute atomic E-state index is 0. The van der Waals surface area contributed by atoms with Gasteiger partial charge in [-0.2, -0.15) is 0 Å². The van der Waals surface area contributed by atoms with Crippen molar-refractivity contribution in [3.8, 4) is 0 Å². The van der Waals surface area contributed by atoms with Gasteiger partial charge in [0, 0.05) is 38.7 Å². The van der Waals surface area contributed by atoms with Crippen molar-refractivity contribution < 1.29 is 5.11 Å². The molecule has 31 heavy (non-hydrogen) atoms. The number of aliphatic hydroxyl groups excluding tert-OH is 1. The Hall–Kier alpha value is -0.550. The zero-order chi connectivity index (χ0) is 21.8. The number of halogens is 1. The van der Waals surface area contributed by atoms with Crippen molar-refractivity contribution in [1.29, 1.82) is 0 Å². The van der Waals surface area contributed by atoms with Gasteiger partial charge >= 0.3 is 0 Å². The fraction of sp³-hybridized carbons (Fsp3) is 0.864. The third-order valence-electron chi connectivity index (χ3n) is 6.54. The molecule has 1 aliphatic rings. The average Bonchev–Trinajstić information content (AvgIpc) is 3.43. The molecule has 0 aliphatic heterocycles. The van der Waals surface area contributed by atoms with Crippen LogP contribution in [0.5, 0.6) is 0 Å². The molecule has 1 aromatic rings. The van der Waals surface area contributed by atoms with Crippen molar-refractivity contribution in [3.63, 3.8) is 0 Å². The molecule has 1 aliphatic carbocycles. The Labute approximate surface area is 210 Å². The molecule has 0 bridgehead atoms. The number of hydrogen-bond acceptors (Lipinski definition) is 5. The summed E-state index contributed by atoms with van der Waals surface area (Å²) in [4.78, 5) is 4.84. The number of thioether (sulfide) groups is 1. The molecule has 0 unspecified atom stereocenters. The Kier molecular flexibility index (Phi) is 14.1. The Morgan fingerprint density at radius 1 is 1.19 bits per heavy atom. The number of hydrogen-bond donors (Lipinski definition) is 3. The molecule has 2 rings (SSSR count). The normalized spacial score (nSPS) is 15.2. The molecule has 180 valence electrons. The van der Waals surface area contributed by atoms with Gasteiger partial charge in [0.2, 0.25) is 0 Å². The van der Waals surface area contributed by atoms with E-state index < -0.39 is 0 Å². The van der Waals surface area contributed by atoms with E-state index in [4.69, 9.17) is 4.99 Å². The van der Waals surface area contributed by atoms with E-state index in [1.807, 2.05) is 0 Å². The van der Waals surface area contributed by atoms with Crippen LogP contribution in [0.25, 0.3) is 0 Å². The van der Waals surface area contributed by atoms with Crippen molar-refractivity contribution in [2.45, 2.75) is 89.8 Å². The first-order valence-corrected chi connectivity index (χ1v) is 13.0. The van der Waals surface area contributed by atoms with Gasteiger partial charge in [0.25, 0.3) is 0 Å². The van der Waals surface area contributed by atoms with E-state index in [9.17, 15) is 5.11 Å². The highest BCUT2D eigenvalue weighted by Gasteiger charge is 2.25. The number of guanidine groups is 1. The molecule has 1 aromatic heterocycles. The molecule has 7 nitrogen and oxygen atoms in total. The third kappa shape index (κ3) is 8.38. The monoisotopic (exact) mass is 566 g/mol. The van der Waals surface area contributed by atoms with E-state index in [-0.39, 0.29) is 36.0 Å². The number of nitrogens with zero attached hydrogens (tertiary/aromatic N) is 4. The van der Waals surface area contributed by atoms with Crippen molar-refractivity contribution in [2.24, 2.45) is 10.4 Å². The van der Waals surface area contributed by atoms with Gasteiger partial charge in [-0.3, -0.25) is 4.99 Å². The predicted molar refractivity (Wildman–Crippen MR) is 142 cm³/mol. The van der Waals surface area contributed by atoms with E-state index in [1.54, 1.807) is 11.8 Å². The van der Waals surface area contributed by atoms with E-state index in [0.717, 1.165) is 68.7 Å². The first-order chi connectivity index (χ1) is 14.6. The van der Waals surface area contributed by atoms with Gasteiger partial charge in [0.1, 0.15) is 5.82 Å². The average molecular weight is 567 g/mol. The predicted octanol–water partition coefficient (Wildman–Crippen LogP) is 4.41. The molecule has 0 aromatic carbocycles. The van der Waals surface area contributed by atoms with Gasteiger partial charge in [-0.25, -0.2) is 0 Å². The lowest BCUT2D eigenvalue weighted by molar-refractivity contribution is 0.175. The summed E-state index contributed by atoms with van der Waals surface area (Å²) < 4.78 is 2.39. The van der Waals surface area contributed by atoms with Crippen LogP contribution >= 0.6 is 35.7 Å². The third-order valence-corrected chi connectivity index (χ3v) is 7.18. The highest BCUT2D eigenvalue weighted by Crippen LogP contribution is 2.33. The maximum absolute atomic E-state index is 9.44. The number of nitrogens with one attached hydrogen (secondary N) is 2. The molecule has 9 heteroatoms. The number of aliphatic imine (C=N–C) groups is 1. The quantitative estimate of drug-likeness (QED) is 0.108. The SMILES string of the molecule is CCNC(=NCC(CC)(CC)CCO)NCCCc1nnc(SC)n1C1CCCC1.I. The van der Waals surface area contributed by atoms with E-state index in [0.29, 0.717) is 6.04 Å². The molecule has 1 saturated carbocycles. The highest BCUT2D eigenvalue weighted by molar-refractivity contribution is 14.0. The summed E-state index contributed by atoms with van der Waals surface area (Å²) in [5.74, 6) is 1.98. The van der Waals surface area contributed by atoms with Crippen LogP contribution in [0.15, 0.2) is 10.1 Å². The smallest absolute Gasteiger partial charge is 0.191 e. The Bertz CT molecular complexity index is 644. The number of aliphatic hydroxyl groups is 1. The minimum atomic E-state index is 0. The lowest BCUT2D eigenvalue weighted by Crippen LogP contribution is -2.39. The van der Waals surface area contributed by atoms with E-state index >= 15 is 0 Å². The van der Waals surface area contributed by atoms with Crippen LogP contribution < -0.4 is 10.6 Å². The molecular formula is C22H43IN6OS. The van der Waals surface area contributed by atoms with Gasteiger partial charge in [-0.1, -0.05) is 38.5 Å². The van der Waals surface area contributed by atoms with Gasteiger partial charge in [0.05, 0.1) is 0 Å². The van der Waals surface area contributed by atoms with Crippen LogP contribution in [0.1, 0.15) is 84.0 Å². The summed E-state index contributed by atoms with van der Waals surface area (Å²) in [7, 11) is 0. The van der Waals surface area contributed by atoms with Crippen molar-refractivity contribution in [1.82, 2.24) is 25.4 Å². The zero-order valence-corrected chi connectivity index (χ0v) is 23.0. The van der Waals surface area contributed by atoms with Gasteiger partial charge < -0.3 is 20.3 Å². The van der Waals surface area contributed by atoms with Gasteiger partial charge in [-0.15, -0.1) is 34.2 Å². The molecule has 3 N–H and O–H groups in total. The lowest BCUT2D eigenvalue weighted by Gasteiger charge is -2.29. The molecule has 1 fully saturated rings. The minimum Gasteiger partial charge on any atom is -0.396 e. The van der Waals surface area contributed by atoms with Crippen LogP contribution in [-0.4, -0.2) is 58.3 Å². The van der Waals surface area contributed by atoms with E-state index in [2.05, 4.69) is 52.4 Å². The van der Waals surface area contributed by atoms with Crippen LogP contribution in [-0.2, 0) is 6.42 Å². The van der Waals surface area contributed by atoms with E-state index in [1.165, 1.54) is 25.7 Å². The lowest BCUT2D eigenvalue weighted by atomic mass is 9.79. The topological polar surface area (TPSA) is 87.4 Å². The molecule has 0 atom stereocenters. The number of aromatic nitrogens is 3. The van der Waals surface area contributed by atoms with Crippen molar-refractivity contribution >= 4 is 41.7 Å². The summed E-state index contributed by atoms with van der Waals surface area (Å²) in [6, 6.07) is 0.576. The summed E-state index contributed by atoms with van der Waals surface area (Å²) >= 11 is 1.70. The van der Waals surface area contributed by atoms with Crippen molar-refractivity contribution in [3.05, 3.63) is 5.82 Å². The molecule has 1 heterocycles. The van der Waals surface area contributed by atoms with Crippen LogP contribution in [0.4, 0.5) is 0 Å². The van der Waals surface area contributed by atoms with Crippen LogP contribution in [0.3, 0.4) is 0 Å². The zero-order valence-electron chi connectivity index (χ0n) is 19.8. The maximum Gasteiger partial charge on any atom is 0.191 e. The van der Waals surface area contributed by atoms with Crippen molar-refractivity contribution in [2.75, 3.05) is 32.5 Å². The Morgan fingerprint density at radius 3 is 2.48 bits per heavy atom. The molecule has 0 amide bonds. The molecular weight excluding hydrogens is 523 g/mol. The Morgan fingerprint density at radius 2 is 1.90 bits per heavy atom. The molecule has 0 saturated heterocycles. The second-order valence-corrected chi connectivity index (χ2v) is 9.09. The first-order valence-electron chi connectivity index (χ1n) is 11.7.